The Bertz CT molecular complexity index is 497. The monoisotopic (exact) mass is 264 g/mol. The van der Waals surface area contributed by atoms with Crippen LogP contribution in [0.25, 0.3) is 0 Å². The SMILES string of the molecule is NC(=S)c1ncccc1COCc1cccs1. The van der Waals surface area contributed by atoms with Crippen molar-refractivity contribution >= 4 is 28.5 Å². The fraction of sp³-hybridized carbons (Fsp3) is 0.167. The lowest BCUT2D eigenvalue weighted by molar-refractivity contribution is 0.109. The lowest BCUT2D eigenvalue weighted by Gasteiger charge is -2.07. The first-order chi connectivity index (χ1) is 8.27. The van der Waals surface area contributed by atoms with Gasteiger partial charge in [-0.3, -0.25) is 4.98 Å². The van der Waals surface area contributed by atoms with Crippen molar-refractivity contribution in [3.63, 3.8) is 0 Å². The van der Waals surface area contributed by atoms with Crippen LogP contribution in [0.5, 0.6) is 0 Å². The Morgan fingerprint density at radius 2 is 2.24 bits per heavy atom. The average molecular weight is 264 g/mol. The Morgan fingerprint density at radius 1 is 1.35 bits per heavy atom. The normalized spacial score (nSPS) is 10.4. The van der Waals surface area contributed by atoms with Crippen LogP contribution in [0.4, 0.5) is 0 Å². The molecule has 88 valence electrons. The van der Waals surface area contributed by atoms with Crippen LogP contribution in [0.1, 0.15) is 16.1 Å². The summed E-state index contributed by atoms with van der Waals surface area (Å²) >= 11 is 6.62. The first kappa shape index (κ1) is 12.2. The minimum Gasteiger partial charge on any atom is -0.388 e. The van der Waals surface area contributed by atoms with Gasteiger partial charge in [0.25, 0.3) is 0 Å². The average Bonchev–Trinajstić information content (AvgIpc) is 2.82. The van der Waals surface area contributed by atoms with Gasteiger partial charge in [-0.25, -0.2) is 0 Å². The van der Waals surface area contributed by atoms with Crippen LogP contribution in [0.3, 0.4) is 0 Å². The molecule has 2 aromatic rings. The molecule has 0 fully saturated rings. The summed E-state index contributed by atoms with van der Waals surface area (Å²) < 4.78 is 5.61. The van der Waals surface area contributed by atoms with Crippen LogP contribution in [0, 0.1) is 0 Å². The van der Waals surface area contributed by atoms with Crippen molar-refractivity contribution in [2.24, 2.45) is 5.73 Å². The molecule has 0 aliphatic heterocycles. The van der Waals surface area contributed by atoms with E-state index in [1.807, 2.05) is 29.6 Å². The van der Waals surface area contributed by atoms with Crippen LogP contribution in [0.15, 0.2) is 35.8 Å². The molecule has 0 amide bonds. The molecule has 0 aliphatic carbocycles. The molecule has 0 saturated carbocycles. The fourth-order valence-electron chi connectivity index (χ4n) is 1.43. The van der Waals surface area contributed by atoms with E-state index < -0.39 is 0 Å². The number of hydrogen-bond acceptors (Lipinski definition) is 4. The van der Waals surface area contributed by atoms with Gasteiger partial charge in [-0.15, -0.1) is 11.3 Å². The van der Waals surface area contributed by atoms with Crippen molar-refractivity contribution in [3.05, 3.63) is 52.0 Å². The minimum absolute atomic E-state index is 0.306. The van der Waals surface area contributed by atoms with Gasteiger partial charge in [-0.2, -0.15) is 0 Å². The van der Waals surface area contributed by atoms with E-state index in [0.717, 1.165) is 5.56 Å². The molecular formula is C12H12N2OS2. The predicted octanol–water partition coefficient (Wildman–Crippen LogP) is 2.49. The Morgan fingerprint density at radius 3 is 2.94 bits per heavy atom. The van der Waals surface area contributed by atoms with Gasteiger partial charge in [0.05, 0.1) is 13.2 Å². The maximum Gasteiger partial charge on any atom is 0.123 e. The maximum atomic E-state index is 5.61. The van der Waals surface area contributed by atoms with Gasteiger partial charge in [-0.1, -0.05) is 24.4 Å². The van der Waals surface area contributed by atoms with Crippen LogP contribution in [-0.4, -0.2) is 9.97 Å². The number of nitrogens with two attached hydrogens (primary N) is 1. The molecule has 0 unspecified atom stereocenters. The molecule has 3 nitrogen and oxygen atoms in total. The summed E-state index contributed by atoms with van der Waals surface area (Å²) in [5.41, 5.74) is 7.17. The van der Waals surface area contributed by atoms with Gasteiger partial charge in [0.15, 0.2) is 0 Å². The first-order valence-electron chi connectivity index (χ1n) is 5.11. The molecule has 2 rings (SSSR count). The van der Waals surface area contributed by atoms with E-state index in [2.05, 4.69) is 4.98 Å². The smallest absolute Gasteiger partial charge is 0.123 e. The molecule has 0 aromatic carbocycles. The molecule has 17 heavy (non-hydrogen) atoms. The lowest BCUT2D eigenvalue weighted by Crippen LogP contribution is -2.14. The number of thiophene rings is 1. The second-order valence-electron chi connectivity index (χ2n) is 3.45. The third-order valence-electron chi connectivity index (χ3n) is 2.21. The maximum absolute atomic E-state index is 5.61. The van der Waals surface area contributed by atoms with Crippen molar-refractivity contribution in [1.29, 1.82) is 0 Å². The van der Waals surface area contributed by atoms with Gasteiger partial charge in [0.2, 0.25) is 0 Å². The number of ether oxygens (including phenoxy) is 1. The summed E-state index contributed by atoms with van der Waals surface area (Å²) in [4.78, 5) is 5.66. The van der Waals surface area contributed by atoms with Gasteiger partial charge in [0, 0.05) is 16.6 Å². The zero-order chi connectivity index (χ0) is 12.1. The fourth-order valence-corrected chi connectivity index (χ4v) is 2.26. The summed E-state index contributed by atoms with van der Waals surface area (Å²) in [6.07, 6.45) is 1.68. The predicted molar refractivity (Wildman–Crippen MR) is 72.9 cm³/mol. The second kappa shape index (κ2) is 5.86. The molecule has 2 N–H and O–H groups in total. The Balaban J connectivity index is 1.97. The van der Waals surface area contributed by atoms with Gasteiger partial charge in [-0.05, 0) is 17.5 Å². The Hall–Kier alpha value is -1.30. The Kier molecular flexibility index (Phi) is 4.19. The molecule has 2 aromatic heterocycles. The first-order valence-corrected chi connectivity index (χ1v) is 6.40. The standard InChI is InChI=1S/C12H12N2OS2/c13-12(16)11-9(3-1-5-14-11)7-15-8-10-4-2-6-17-10/h1-6H,7-8H2,(H2,13,16). The van der Waals surface area contributed by atoms with E-state index >= 15 is 0 Å². The molecule has 0 spiro atoms. The molecule has 0 aliphatic rings. The molecule has 2 heterocycles. The molecular weight excluding hydrogens is 252 g/mol. The van der Waals surface area contributed by atoms with Crippen molar-refractivity contribution in [2.75, 3.05) is 0 Å². The Labute approximate surface area is 109 Å². The topological polar surface area (TPSA) is 48.1 Å². The van der Waals surface area contributed by atoms with E-state index in [0.29, 0.717) is 23.9 Å². The largest absolute Gasteiger partial charge is 0.388 e. The van der Waals surface area contributed by atoms with Gasteiger partial charge >= 0.3 is 0 Å². The van der Waals surface area contributed by atoms with Crippen molar-refractivity contribution < 1.29 is 4.74 Å². The summed E-state index contributed by atoms with van der Waals surface area (Å²) in [5.74, 6) is 0. The lowest BCUT2D eigenvalue weighted by atomic mass is 10.2. The van der Waals surface area contributed by atoms with Crippen LogP contribution in [0.2, 0.25) is 0 Å². The van der Waals surface area contributed by atoms with E-state index in [1.165, 1.54) is 4.88 Å². The zero-order valence-electron chi connectivity index (χ0n) is 9.13. The van der Waals surface area contributed by atoms with Gasteiger partial charge < -0.3 is 10.5 Å². The third kappa shape index (κ3) is 3.33. The number of nitrogens with zero attached hydrogens (tertiary/aromatic N) is 1. The zero-order valence-corrected chi connectivity index (χ0v) is 10.8. The highest BCUT2D eigenvalue weighted by atomic mass is 32.1. The molecule has 0 radical (unpaired) electrons. The highest BCUT2D eigenvalue weighted by Crippen LogP contribution is 2.12. The highest BCUT2D eigenvalue weighted by Gasteiger charge is 2.06. The van der Waals surface area contributed by atoms with Crippen LogP contribution < -0.4 is 5.73 Å². The number of aromatic nitrogens is 1. The summed E-state index contributed by atoms with van der Waals surface area (Å²) in [7, 11) is 0. The van der Waals surface area contributed by atoms with Crippen LogP contribution >= 0.6 is 23.6 Å². The minimum atomic E-state index is 0.306. The number of pyridine rings is 1. The molecule has 0 bridgehead atoms. The number of rotatable bonds is 5. The van der Waals surface area contributed by atoms with E-state index in [-0.39, 0.29) is 0 Å². The van der Waals surface area contributed by atoms with Crippen molar-refractivity contribution in [2.45, 2.75) is 13.2 Å². The van der Waals surface area contributed by atoms with Crippen LogP contribution in [-0.2, 0) is 18.0 Å². The quantitative estimate of drug-likeness (QED) is 0.843. The van der Waals surface area contributed by atoms with E-state index in [9.17, 15) is 0 Å². The van der Waals surface area contributed by atoms with Crippen molar-refractivity contribution in [3.8, 4) is 0 Å². The number of hydrogen-bond donors (Lipinski definition) is 1. The molecule has 0 saturated heterocycles. The van der Waals surface area contributed by atoms with E-state index in [1.54, 1.807) is 17.5 Å². The van der Waals surface area contributed by atoms with Gasteiger partial charge in [0.1, 0.15) is 10.7 Å². The summed E-state index contributed by atoms with van der Waals surface area (Å²) in [5, 5.41) is 2.03. The molecule has 5 heteroatoms. The van der Waals surface area contributed by atoms with Crippen molar-refractivity contribution in [1.82, 2.24) is 4.98 Å². The second-order valence-corrected chi connectivity index (χ2v) is 4.92. The molecule has 0 atom stereocenters. The summed E-state index contributed by atoms with van der Waals surface area (Å²) in [6, 6.07) is 7.83. The highest BCUT2D eigenvalue weighted by molar-refractivity contribution is 7.80. The van der Waals surface area contributed by atoms with E-state index in [4.69, 9.17) is 22.7 Å². The summed E-state index contributed by atoms with van der Waals surface area (Å²) in [6.45, 7) is 1.07. The third-order valence-corrected chi connectivity index (χ3v) is 3.25. The number of thiocarbonyl (C=S) groups is 1.